The van der Waals surface area contributed by atoms with Crippen molar-refractivity contribution < 1.29 is 27.4 Å². The van der Waals surface area contributed by atoms with Crippen LogP contribution >= 0.6 is 0 Å². The van der Waals surface area contributed by atoms with Crippen molar-refractivity contribution in [2.75, 3.05) is 20.8 Å². The zero-order valence-electron chi connectivity index (χ0n) is 17.9. The molecule has 3 rings (SSSR count). The monoisotopic (exact) mass is 447 g/mol. The number of ether oxygens (including phenoxy) is 3. The van der Waals surface area contributed by atoms with Gasteiger partial charge < -0.3 is 19.0 Å². The van der Waals surface area contributed by atoms with Gasteiger partial charge in [-0.1, -0.05) is 24.3 Å². The number of benzene rings is 2. The average molecular weight is 448 g/mol. The van der Waals surface area contributed by atoms with Crippen LogP contribution < -0.4 is 9.47 Å². The Bertz CT molecular complexity index is 888. The number of sulfonamides is 1. The number of rotatable bonds is 11. The number of carbonyl (C=O) groups excluding carboxylic acids is 1. The molecule has 1 fully saturated rings. The second-order valence-corrected chi connectivity index (χ2v) is 9.71. The summed E-state index contributed by atoms with van der Waals surface area (Å²) < 4.78 is 44.3. The molecular weight excluding hydrogens is 418 g/mol. The van der Waals surface area contributed by atoms with E-state index in [4.69, 9.17) is 14.2 Å². The van der Waals surface area contributed by atoms with E-state index in [1.165, 1.54) is 4.31 Å². The zero-order chi connectivity index (χ0) is 22.3. The van der Waals surface area contributed by atoms with Crippen LogP contribution in [-0.4, -0.2) is 51.2 Å². The topological polar surface area (TPSA) is 82.1 Å². The molecule has 0 spiro atoms. The Morgan fingerprint density at radius 3 is 1.90 bits per heavy atom. The predicted octanol–water partition coefficient (Wildman–Crippen LogP) is 3.17. The van der Waals surface area contributed by atoms with Gasteiger partial charge in [-0.2, -0.15) is 4.31 Å². The number of nitrogens with zero attached hydrogens (tertiary/aromatic N) is 1. The fourth-order valence-electron chi connectivity index (χ4n) is 3.63. The predicted molar refractivity (Wildman–Crippen MR) is 118 cm³/mol. The van der Waals surface area contributed by atoms with Crippen LogP contribution in [0, 0.1) is 0 Å². The summed E-state index contributed by atoms with van der Waals surface area (Å²) in [7, 11) is -0.748. The highest BCUT2D eigenvalue weighted by Crippen LogP contribution is 2.25. The maximum atomic E-state index is 13.5. The van der Waals surface area contributed by atoms with Crippen molar-refractivity contribution >= 4 is 16.3 Å². The second kappa shape index (κ2) is 10.7. The molecule has 0 aromatic heterocycles. The number of aldehydes is 1. The zero-order valence-corrected chi connectivity index (χ0v) is 18.7. The van der Waals surface area contributed by atoms with E-state index in [-0.39, 0.29) is 25.6 Å². The minimum absolute atomic E-state index is 0.147. The van der Waals surface area contributed by atoms with Gasteiger partial charge in [-0.3, -0.25) is 0 Å². The van der Waals surface area contributed by atoms with Gasteiger partial charge in [0.2, 0.25) is 10.0 Å². The third-order valence-electron chi connectivity index (χ3n) is 5.45. The molecule has 1 saturated heterocycles. The number of carbonyl (C=O) groups is 1. The molecule has 1 aliphatic rings. The number of hydrogen-bond donors (Lipinski definition) is 0. The minimum Gasteiger partial charge on any atom is -0.497 e. The van der Waals surface area contributed by atoms with E-state index in [1.54, 1.807) is 38.5 Å². The molecule has 0 amide bonds. The first-order valence-corrected chi connectivity index (χ1v) is 11.8. The van der Waals surface area contributed by atoms with Crippen molar-refractivity contribution in [2.24, 2.45) is 0 Å². The molecule has 31 heavy (non-hydrogen) atoms. The SMILES string of the molecule is COc1ccc(CN(Cc2ccc(OC)cc2)S(=O)(=O)C(C=O)CC2CCCO2)cc1. The summed E-state index contributed by atoms with van der Waals surface area (Å²) in [5.74, 6) is 1.38. The van der Waals surface area contributed by atoms with Gasteiger partial charge >= 0.3 is 0 Å². The molecule has 0 bridgehead atoms. The molecule has 1 aliphatic heterocycles. The first kappa shape index (κ1) is 23.2. The molecule has 8 heteroatoms. The van der Waals surface area contributed by atoms with Gasteiger partial charge in [-0.25, -0.2) is 8.42 Å². The lowest BCUT2D eigenvalue weighted by atomic mass is 10.1. The lowest BCUT2D eigenvalue weighted by Gasteiger charge is -2.26. The van der Waals surface area contributed by atoms with Gasteiger partial charge in [0.25, 0.3) is 0 Å². The molecule has 2 aromatic rings. The Balaban J connectivity index is 1.86. The van der Waals surface area contributed by atoms with Crippen LogP contribution in [0.4, 0.5) is 0 Å². The lowest BCUT2D eigenvalue weighted by Crippen LogP contribution is -2.40. The van der Waals surface area contributed by atoms with Crippen LogP contribution in [0.5, 0.6) is 11.5 Å². The molecule has 2 unspecified atom stereocenters. The summed E-state index contributed by atoms with van der Waals surface area (Å²) >= 11 is 0. The molecule has 1 heterocycles. The number of hydrogen-bond acceptors (Lipinski definition) is 6. The van der Waals surface area contributed by atoms with Crippen LogP contribution in [0.15, 0.2) is 48.5 Å². The number of methoxy groups -OCH3 is 2. The molecule has 7 nitrogen and oxygen atoms in total. The Hall–Kier alpha value is -2.42. The fourth-order valence-corrected chi connectivity index (χ4v) is 5.27. The molecule has 0 saturated carbocycles. The van der Waals surface area contributed by atoms with E-state index in [2.05, 4.69) is 0 Å². The highest BCUT2D eigenvalue weighted by Gasteiger charge is 2.35. The molecule has 2 aromatic carbocycles. The van der Waals surface area contributed by atoms with E-state index in [0.29, 0.717) is 24.4 Å². The summed E-state index contributed by atoms with van der Waals surface area (Å²) in [6.07, 6.45) is 2.17. The van der Waals surface area contributed by atoms with Gasteiger partial charge in [-0.15, -0.1) is 0 Å². The van der Waals surface area contributed by atoms with Crippen molar-refractivity contribution in [3.05, 3.63) is 59.7 Å². The highest BCUT2D eigenvalue weighted by molar-refractivity contribution is 7.90. The van der Waals surface area contributed by atoms with Crippen molar-refractivity contribution in [1.29, 1.82) is 0 Å². The molecule has 0 radical (unpaired) electrons. The maximum Gasteiger partial charge on any atom is 0.224 e. The van der Waals surface area contributed by atoms with E-state index in [9.17, 15) is 13.2 Å². The van der Waals surface area contributed by atoms with Crippen molar-refractivity contribution in [3.8, 4) is 11.5 Å². The summed E-state index contributed by atoms with van der Waals surface area (Å²) in [5, 5.41) is -1.15. The normalized spacial score (nSPS) is 17.5. The summed E-state index contributed by atoms with van der Waals surface area (Å²) in [5.41, 5.74) is 1.61. The van der Waals surface area contributed by atoms with E-state index in [1.807, 2.05) is 24.3 Å². The average Bonchev–Trinajstić information content (AvgIpc) is 3.31. The van der Waals surface area contributed by atoms with Gasteiger partial charge in [-0.05, 0) is 54.7 Å². The van der Waals surface area contributed by atoms with Crippen LogP contribution in [0.2, 0.25) is 0 Å². The first-order valence-electron chi connectivity index (χ1n) is 10.3. The van der Waals surface area contributed by atoms with Crippen LogP contribution in [0.1, 0.15) is 30.4 Å². The summed E-state index contributed by atoms with van der Waals surface area (Å²) in [6, 6.07) is 14.5. The van der Waals surface area contributed by atoms with Gasteiger partial charge in [0.1, 0.15) is 23.0 Å². The lowest BCUT2D eigenvalue weighted by molar-refractivity contribution is -0.108. The minimum atomic E-state index is -3.91. The third-order valence-corrected chi connectivity index (χ3v) is 7.50. The molecule has 2 atom stereocenters. The van der Waals surface area contributed by atoms with E-state index in [0.717, 1.165) is 24.0 Å². The van der Waals surface area contributed by atoms with Crippen molar-refractivity contribution in [1.82, 2.24) is 4.31 Å². The maximum absolute atomic E-state index is 13.5. The second-order valence-electron chi connectivity index (χ2n) is 7.55. The van der Waals surface area contributed by atoms with Gasteiger partial charge in [0, 0.05) is 19.7 Å². The first-order chi connectivity index (χ1) is 15.0. The Kier molecular flexibility index (Phi) is 8.06. The van der Waals surface area contributed by atoms with Crippen LogP contribution in [-0.2, 0) is 32.6 Å². The largest absolute Gasteiger partial charge is 0.497 e. The van der Waals surface area contributed by atoms with Gasteiger partial charge in [0.05, 0.1) is 20.3 Å². The Morgan fingerprint density at radius 1 is 1.00 bits per heavy atom. The standard InChI is InChI=1S/C23H29NO6S/c1-28-20-9-5-18(6-10-20)15-24(16-19-7-11-21(29-2)12-8-19)31(26,27)23(17-25)14-22-4-3-13-30-22/h5-12,17,22-23H,3-4,13-16H2,1-2H3. The Labute approximate surface area is 184 Å². The highest BCUT2D eigenvalue weighted by atomic mass is 32.2. The third kappa shape index (κ3) is 6.06. The van der Waals surface area contributed by atoms with Crippen molar-refractivity contribution in [2.45, 2.75) is 43.7 Å². The van der Waals surface area contributed by atoms with Crippen LogP contribution in [0.25, 0.3) is 0 Å². The summed E-state index contributed by atoms with van der Waals surface area (Å²) in [6.45, 7) is 0.903. The van der Waals surface area contributed by atoms with Crippen LogP contribution in [0.3, 0.4) is 0 Å². The van der Waals surface area contributed by atoms with Gasteiger partial charge in [0.15, 0.2) is 0 Å². The van der Waals surface area contributed by atoms with Crippen molar-refractivity contribution in [3.63, 3.8) is 0 Å². The summed E-state index contributed by atoms with van der Waals surface area (Å²) in [4.78, 5) is 11.8. The Morgan fingerprint density at radius 2 is 1.52 bits per heavy atom. The van der Waals surface area contributed by atoms with E-state index >= 15 is 0 Å². The molecular formula is C23H29NO6S. The molecule has 168 valence electrons. The molecule has 0 aliphatic carbocycles. The smallest absolute Gasteiger partial charge is 0.224 e. The van der Waals surface area contributed by atoms with E-state index < -0.39 is 15.3 Å². The quantitative estimate of drug-likeness (QED) is 0.492. The fraction of sp³-hybridized carbons (Fsp3) is 0.435. The molecule has 0 N–H and O–H groups in total.